The van der Waals surface area contributed by atoms with Crippen molar-refractivity contribution in [1.82, 2.24) is 9.80 Å². The Bertz CT molecular complexity index is 2270. The Labute approximate surface area is 386 Å². The van der Waals surface area contributed by atoms with Gasteiger partial charge in [-0.3, -0.25) is 9.80 Å². The van der Waals surface area contributed by atoms with Crippen LogP contribution in [-0.2, 0) is 0 Å². The van der Waals surface area contributed by atoms with Crippen LogP contribution in [0.4, 0.5) is 0 Å². The van der Waals surface area contributed by atoms with Crippen LogP contribution in [0, 0.1) is 35.5 Å². The highest BCUT2D eigenvalue weighted by Gasteiger charge is 2.78. The molecule has 0 spiro atoms. The molecule has 0 N–H and O–H groups in total. The summed E-state index contributed by atoms with van der Waals surface area (Å²) >= 11 is 5.28. The molecule has 12 aliphatic rings. The molecule has 18 atom stereocenters. The zero-order chi connectivity index (χ0) is 40.7. The summed E-state index contributed by atoms with van der Waals surface area (Å²) in [5, 5.41) is 3.00. The van der Waals surface area contributed by atoms with Gasteiger partial charge in [0.25, 0.3) is 0 Å². The minimum absolute atomic E-state index is 0.362. The van der Waals surface area contributed by atoms with Crippen molar-refractivity contribution < 1.29 is 0 Å². The summed E-state index contributed by atoms with van der Waals surface area (Å²) in [6.07, 6.45) is 19.9. The molecule has 0 radical (unpaired) electrons. The van der Waals surface area contributed by atoms with Gasteiger partial charge in [-0.15, -0.1) is 0 Å². The van der Waals surface area contributed by atoms with Crippen molar-refractivity contribution in [3.63, 3.8) is 0 Å². The van der Waals surface area contributed by atoms with Crippen molar-refractivity contribution in [3.8, 4) is 22.3 Å². The molecule has 5 saturated carbocycles. The summed E-state index contributed by atoms with van der Waals surface area (Å²) in [7, 11) is 0. The number of piperidine rings is 2. The van der Waals surface area contributed by atoms with E-state index in [0.717, 1.165) is 106 Å². The molecule has 7 saturated heterocycles. The smallest absolute Gasteiger partial charge is 0.214 e. The van der Waals surface area contributed by atoms with E-state index >= 15 is 0 Å². The molecule has 7 heterocycles. The van der Waals surface area contributed by atoms with Crippen molar-refractivity contribution in [2.45, 2.75) is 164 Å². The first-order valence-electron chi connectivity index (χ1n) is 26.4. The zero-order valence-corrected chi connectivity index (χ0v) is 38.6. The summed E-state index contributed by atoms with van der Waals surface area (Å²) < 4.78 is 0. The number of rotatable bonds is 5. The number of thioether (sulfide) groups is 2. The number of hydrogen-bond acceptors (Lipinski definition) is 4. The van der Waals surface area contributed by atoms with Gasteiger partial charge in [-0.2, -0.15) is 23.5 Å². The minimum atomic E-state index is 0.362. The third-order valence-corrected chi connectivity index (χ3v) is 25.2. The summed E-state index contributed by atoms with van der Waals surface area (Å²) in [6, 6.07) is 47.9. The van der Waals surface area contributed by atoms with Crippen LogP contribution < -0.4 is 10.9 Å². The fourth-order valence-corrected chi connectivity index (χ4v) is 24.9. The molecular weight excluding hydrogens is 798 g/mol. The number of benzene rings is 4. The lowest BCUT2D eigenvalue weighted by molar-refractivity contribution is -0.147. The lowest BCUT2D eigenvalue weighted by Crippen LogP contribution is -2.87. The predicted octanol–water partition coefficient (Wildman–Crippen LogP) is 11.3. The first kappa shape index (κ1) is 37.7. The van der Waals surface area contributed by atoms with E-state index in [4.69, 9.17) is 0 Å². The van der Waals surface area contributed by atoms with Gasteiger partial charge >= 0.3 is 0 Å². The van der Waals surface area contributed by atoms with E-state index in [-0.39, 0.29) is 0 Å². The molecule has 6 heteroatoms. The molecule has 0 bridgehead atoms. The fourth-order valence-electron chi connectivity index (χ4n) is 20.4. The first-order valence-corrected chi connectivity index (χ1v) is 28.3. The molecule has 0 aromatic heterocycles. The maximum Gasteiger partial charge on any atom is 0.214 e. The van der Waals surface area contributed by atoms with E-state index in [2.05, 4.69) is 143 Å². The average molecular weight is 863 g/mol. The Morgan fingerprint density at radius 2 is 0.857 bits per heavy atom. The maximum absolute atomic E-state index is 3.57. The average Bonchev–Trinajstić information content (AvgIpc) is 3.34. The van der Waals surface area contributed by atoms with E-state index in [1.165, 1.54) is 60.8 Å². The highest BCUT2D eigenvalue weighted by atomic mass is 32.2. The number of nitrogens with zero attached hydrogens (tertiary/aromatic N) is 2. The third-order valence-electron chi connectivity index (χ3n) is 21.7. The van der Waals surface area contributed by atoms with Gasteiger partial charge < -0.3 is 0 Å². The molecule has 4 aromatic carbocycles. The summed E-state index contributed by atoms with van der Waals surface area (Å²) in [5.41, 5.74) is 8.68. The van der Waals surface area contributed by atoms with Crippen molar-refractivity contribution >= 4 is 47.9 Å². The van der Waals surface area contributed by atoms with Gasteiger partial charge in [0.1, 0.15) is 0 Å². The van der Waals surface area contributed by atoms with Gasteiger partial charge in [-0.25, -0.2) is 0 Å². The Morgan fingerprint density at radius 3 is 1.37 bits per heavy atom. The zero-order valence-electron chi connectivity index (χ0n) is 37.0. The molecule has 63 heavy (non-hydrogen) atoms. The molecule has 16 rings (SSSR count). The highest BCUT2D eigenvalue weighted by Crippen LogP contribution is 2.76. The Hall–Kier alpha value is -2.37. The molecule has 18 unspecified atom stereocenters. The number of hydrogen-bond donors (Lipinski definition) is 0. The molecule has 320 valence electrons. The van der Waals surface area contributed by atoms with Crippen LogP contribution in [0.15, 0.2) is 109 Å². The molecule has 7 aliphatic heterocycles. The standard InChI is InChI=1S/C57H64B2N2S2/c1-3-11-32(12-4-1)34-15-7-19-42(30-34)58(43-20-8-16-35(31-43)33-13-5-2-6-14-33)49-56-54-48-55-57(49)63-45-22-10-18-39-29-41-26-24-37-27-36-23-25-40-28-38-17-9-21-44(62-56)50(38)60(54)52(40)46(36)59(48)47(37)53(41)61(55)51(39)45/h1-8,11-16,19-20,30-31,36-41,44-57H,9-10,17-18,21-29H2. The van der Waals surface area contributed by atoms with Crippen molar-refractivity contribution in [1.29, 1.82) is 0 Å². The first-order chi connectivity index (χ1) is 31.2. The maximum atomic E-state index is 3.57. The van der Waals surface area contributed by atoms with Gasteiger partial charge in [0.2, 0.25) is 6.71 Å². The van der Waals surface area contributed by atoms with Crippen molar-refractivity contribution in [2.75, 3.05) is 0 Å². The second kappa shape index (κ2) is 14.1. The second-order valence-electron chi connectivity index (χ2n) is 23.7. The lowest BCUT2D eigenvalue weighted by Gasteiger charge is -2.81. The van der Waals surface area contributed by atoms with Crippen LogP contribution in [0.1, 0.15) is 83.5 Å². The summed E-state index contributed by atoms with van der Waals surface area (Å²) in [5.74, 6) is 9.27. The Balaban J connectivity index is 0.948. The Morgan fingerprint density at radius 1 is 0.413 bits per heavy atom. The summed E-state index contributed by atoms with van der Waals surface area (Å²) in [6.45, 7) is 1.35. The van der Waals surface area contributed by atoms with Gasteiger partial charge in [-0.05, 0) is 139 Å². The monoisotopic (exact) mass is 862 g/mol. The Kier molecular flexibility index (Phi) is 8.43. The highest BCUT2D eigenvalue weighted by molar-refractivity contribution is 8.02. The quantitative estimate of drug-likeness (QED) is 0.184. The van der Waals surface area contributed by atoms with Gasteiger partial charge in [0.15, 0.2) is 6.71 Å². The normalized spacial score (nSPS) is 46.6. The van der Waals surface area contributed by atoms with E-state index in [0.29, 0.717) is 23.0 Å². The lowest BCUT2D eigenvalue weighted by atomic mass is 9.12. The topological polar surface area (TPSA) is 6.48 Å². The van der Waals surface area contributed by atoms with E-state index < -0.39 is 0 Å². The third kappa shape index (κ3) is 5.17. The van der Waals surface area contributed by atoms with Crippen LogP contribution >= 0.6 is 23.5 Å². The van der Waals surface area contributed by atoms with Crippen LogP contribution in [0.5, 0.6) is 0 Å². The van der Waals surface area contributed by atoms with Crippen LogP contribution in [0.2, 0.25) is 23.3 Å². The van der Waals surface area contributed by atoms with E-state index in [9.17, 15) is 0 Å². The van der Waals surface area contributed by atoms with Gasteiger partial charge in [0.05, 0.1) is 0 Å². The predicted molar refractivity (Wildman–Crippen MR) is 267 cm³/mol. The van der Waals surface area contributed by atoms with Gasteiger partial charge in [0, 0.05) is 57.3 Å². The van der Waals surface area contributed by atoms with Crippen molar-refractivity contribution in [2.24, 2.45) is 35.5 Å². The molecule has 0 amide bonds. The molecule has 5 aliphatic carbocycles. The van der Waals surface area contributed by atoms with Crippen LogP contribution in [0.3, 0.4) is 0 Å². The SMILES string of the molecule is c1ccc(-c2cccc(B(c3cccc(-c4ccccc4)c3)C3C4SC5CCCC6CC7CCC8CC9CCC%10CC%11CCCC%12SC3C3C%13B(C8C7N(C65)C4%13)C9C%10N3C%11%12)c2)cc1. The molecule has 2 nitrogen and oxygen atoms in total. The van der Waals surface area contributed by atoms with Gasteiger partial charge in [-0.1, -0.05) is 146 Å². The fraction of sp³-hybridized carbons (Fsp3) is 0.579. The van der Waals surface area contributed by atoms with Crippen LogP contribution in [0.25, 0.3) is 22.3 Å². The molecule has 12 fully saturated rings. The van der Waals surface area contributed by atoms with Crippen molar-refractivity contribution in [3.05, 3.63) is 109 Å². The largest absolute Gasteiger partial charge is 0.293 e. The van der Waals surface area contributed by atoms with E-state index in [1.54, 1.807) is 55.9 Å². The second-order valence-corrected chi connectivity index (χ2v) is 26.6. The minimum Gasteiger partial charge on any atom is -0.293 e. The molecule has 4 aromatic rings. The summed E-state index contributed by atoms with van der Waals surface area (Å²) in [4.78, 5) is 7.14. The van der Waals surface area contributed by atoms with Crippen LogP contribution in [-0.4, -0.2) is 80.5 Å². The molecular formula is C57H64B2N2S2. The van der Waals surface area contributed by atoms with E-state index in [1.807, 2.05) is 0 Å².